The van der Waals surface area contributed by atoms with Crippen molar-refractivity contribution in [1.29, 1.82) is 0 Å². The van der Waals surface area contributed by atoms with Crippen molar-refractivity contribution in [3.05, 3.63) is 76.9 Å². The first kappa shape index (κ1) is 29.1. The van der Waals surface area contributed by atoms with Gasteiger partial charge in [-0.1, -0.05) is 38.1 Å². The van der Waals surface area contributed by atoms with Crippen LogP contribution in [0.2, 0.25) is 0 Å². The molecule has 1 aromatic heterocycles. The van der Waals surface area contributed by atoms with Crippen molar-refractivity contribution in [2.45, 2.75) is 59.9 Å². The molecule has 2 heterocycles. The highest BCUT2D eigenvalue weighted by Gasteiger charge is 2.30. The Hall–Kier alpha value is -3.94. The zero-order valence-corrected chi connectivity index (χ0v) is 23.7. The number of anilines is 1. The van der Waals surface area contributed by atoms with E-state index in [1.54, 1.807) is 12.1 Å². The van der Waals surface area contributed by atoms with Crippen molar-refractivity contribution in [3.63, 3.8) is 0 Å². The summed E-state index contributed by atoms with van der Waals surface area (Å²) in [6.45, 7) is 10.1. The standard InChI is InChI=1S/C32H38FN3O4/c1-21-27(19-29(38)39)31(36-16-14-32(3,4)15-17-36)30(28(35-21)20-34-22(2)37)24-7-11-26(12-8-24)40-18-13-23-5-9-25(33)10-6-23/h5-12H,13-20H2,1-4H3,(H,34,37)(H,38,39). The minimum atomic E-state index is -0.908. The molecule has 0 aliphatic carbocycles. The lowest BCUT2D eigenvalue weighted by Gasteiger charge is -2.40. The molecule has 0 radical (unpaired) electrons. The van der Waals surface area contributed by atoms with Crippen LogP contribution in [-0.2, 0) is 29.0 Å². The molecule has 1 amide bonds. The predicted octanol–water partition coefficient (Wildman–Crippen LogP) is 5.71. The number of hydrogen-bond acceptors (Lipinski definition) is 5. The van der Waals surface area contributed by atoms with Gasteiger partial charge in [-0.25, -0.2) is 4.39 Å². The zero-order valence-electron chi connectivity index (χ0n) is 23.7. The van der Waals surface area contributed by atoms with Gasteiger partial charge in [0, 0.05) is 43.3 Å². The number of aromatic nitrogens is 1. The molecule has 1 aliphatic rings. The van der Waals surface area contributed by atoms with Crippen molar-refractivity contribution >= 4 is 17.6 Å². The number of aryl methyl sites for hydroxylation is 1. The van der Waals surface area contributed by atoms with Crippen molar-refractivity contribution in [2.75, 3.05) is 24.6 Å². The average Bonchev–Trinajstić information content (AvgIpc) is 2.90. The number of nitrogens with zero attached hydrogens (tertiary/aromatic N) is 2. The molecule has 4 rings (SSSR count). The number of hydrogen-bond donors (Lipinski definition) is 2. The van der Waals surface area contributed by atoms with Gasteiger partial charge in [0.2, 0.25) is 5.91 Å². The van der Waals surface area contributed by atoms with E-state index in [-0.39, 0.29) is 30.1 Å². The lowest BCUT2D eigenvalue weighted by Crippen LogP contribution is -2.38. The third-order valence-electron chi connectivity index (χ3n) is 7.53. The average molecular weight is 548 g/mol. The summed E-state index contributed by atoms with van der Waals surface area (Å²) in [4.78, 5) is 30.9. The highest BCUT2D eigenvalue weighted by Crippen LogP contribution is 2.42. The summed E-state index contributed by atoms with van der Waals surface area (Å²) < 4.78 is 19.1. The fraction of sp³-hybridized carbons (Fsp3) is 0.406. The van der Waals surface area contributed by atoms with E-state index in [2.05, 4.69) is 24.1 Å². The van der Waals surface area contributed by atoms with Crippen molar-refractivity contribution in [1.82, 2.24) is 10.3 Å². The topological polar surface area (TPSA) is 91.8 Å². The Balaban J connectivity index is 1.69. The number of carboxylic acids is 1. The summed E-state index contributed by atoms with van der Waals surface area (Å²) in [7, 11) is 0. The summed E-state index contributed by atoms with van der Waals surface area (Å²) in [5.74, 6) is -0.635. The number of carboxylic acid groups (broad SMARTS) is 1. The molecule has 0 unspecified atom stereocenters. The first-order valence-corrected chi connectivity index (χ1v) is 13.7. The fourth-order valence-corrected chi connectivity index (χ4v) is 5.13. The molecule has 2 N–H and O–H groups in total. The van der Waals surface area contributed by atoms with Gasteiger partial charge in [0.25, 0.3) is 0 Å². The molecule has 212 valence electrons. The monoisotopic (exact) mass is 547 g/mol. The van der Waals surface area contributed by atoms with Gasteiger partial charge < -0.3 is 20.1 Å². The van der Waals surface area contributed by atoms with E-state index < -0.39 is 5.97 Å². The Labute approximate surface area is 235 Å². The van der Waals surface area contributed by atoms with E-state index in [1.165, 1.54) is 19.1 Å². The maximum Gasteiger partial charge on any atom is 0.307 e. The van der Waals surface area contributed by atoms with Crippen LogP contribution in [0.5, 0.6) is 5.75 Å². The normalized spacial score (nSPS) is 14.6. The Morgan fingerprint density at radius 2 is 1.73 bits per heavy atom. The molecule has 0 atom stereocenters. The van der Waals surface area contributed by atoms with Gasteiger partial charge in [-0.05, 0) is 60.6 Å². The van der Waals surface area contributed by atoms with Gasteiger partial charge in [0.15, 0.2) is 0 Å². The number of amides is 1. The zero-order chi connectivity index (χ0) is 28.9. The van der Waals surface area contributed by atoms with E-state index in [1.807, 2.05) is 31.2 Å². The molecule has 1 saturated heterocycles. The number of pyridine rings is 1. The summed E-state index contributed by atoms with van der Waals surface area (Å²) in [5, 5.41) is 12.7. The van der Waals surface area contributed by atoms with Crippen LogP contribution in [0.3, 0.4) is 0 Å². The maximum atomic E-state index is 13.2. The summed E-state index contributed by atoms with van der Waals surface area (Å²) in [5.41, 5.74) is 5.88. The summed E-state index contributed by atoms with van der Waals surface area (Å²) in [6, 6.07) is 14.1. The molecular weight excluding hydrogens is 509 g/mol. The number of carbonyl (C=O) groups is 2. The number of nitrogens with one attached hydrogen (secondary N) is 1. The SMILES string of the molecule is CC(=O)NCc1nc(C)c(CC(=O)O)c(N2CCC(C)(C)CC2)c1-c1ccc(OCCc2ccc(F)cc2)cc1. The third-order valence-corrected chi connectivity index (χ3v) is 7.53. The van der Waals surface area contributed by atoms with Crippen LogP contribution >= 0.6 is 0 Å². The van der Waals surface area contributed by atoms with Crippen LogP contribution in [0.4, 0.5) is 10.1 Å². The first-order valence-electron chi connectivity index (χ1n) is 13.7. The van der Waals surface area contributed by atoms with Gasteiger partial charge in [0.05, 0.1) is 31.0 Å². The molecule has 0 spiro atoms. The van der Waals surface area contributed by atoms with E-state index in [0.29, 0.717) is 35.7 Å². The van der Waals surface area contributed by atoms with E-state index in [4.69, 9.17) is 9.72 Å². The molecule has 1 aliphatic heterocycles. The van der Waals surface area contributed by atoms with Crippen LogP contribution < -0.4 is 15.0 Å². The smallest absolute Gasteiger partial charge is 0.307 e. The van der Waals surface area contributed by atoms with Crippen LogP contribution in [0.25, 0.3) is 11.1 Å². The Kier molecular flexibility index (Phi) is 9.07. The second-order valence-electron chi connectivity index (χ2n) is 11.2. The maximum absolute atomic E-state index is 13.2. The summed E-state index contributed by atoms with van der Waals surface area (Å²) >= 11 is 0. The second-order valence-corrected chi connectivity index (χ2v) is 11.2. The minimum absolute atomic E-state index is 0.133. The van der Waals surface area contributed by atoms with Gasteiger partial charge in [-0.3, -0.25) is 14.6 Å². The third kappa shape index (κ3) is 7.37. The van der Waals surface area contributed by atoms with E-state index in [0.717, 1.165) is 48.3 Å². The molecule has 0 saturated carbocycles. The molecule has 0 bridgehead atoms. The van der Waals surface area contributed by atoms with Crippen LogP contribution in [0.1, 0.15) is 56.1 Å². The highest BCUT2D eigenvalue weighted by atomic mass is 19.1. The van der Waals surface area contributed by atoms with Gasteiger partial charge in [-0.15, -0.1) is 0 Å². The lowest BCUT2D eigenvalue weighted by atomic mass is 9.82. The van der Waals surface area contributed by atoms with Gasteiger partial charge in [-0.2, -0.15) is 0 Å². The van der Waals surface area contributed by atoms with Crippen LogP contribution in [0, 0.1) is 18.2 Å². The number of piperidine rings is 1. The molecule has 8 heteroatoms. The van der Waals surface area contributed by atoms with Crippen molar-refractivity contribution < 1.29 is 23.8 Å². The Morgan fingerprint density at radius 1 is 1.07 bits per heavy atom. The number of halogens is 1. The number of carbonyl (C=O) groups excluding carboxylic acids is 1. The molecule has 1 fully saturated rings. The Bertz CT molecular complexity index is 1340. The number of benzene rings is 2. The minimum Gasteiger partial charge on any atom is -0.493 e. The number of rotatable bonds is 10. The molecule has 2 aromatic carbocycles. The van der Waals surface area contributed by atoms with Crippen LogP contribution in [-0.4, -0.2) is 41.7 Å². The highest BCUT2D eigenvalue weighted by molar-refractivity contribution is 5.87. The molecule has 7 nitrogen and oxygen atoms in total. The van der Waals surface area contributed by atoms with Gasteiger partial charge >= 0.3 is 5.97 Å². The summed E-state index contributed by atoms with van der Waals surface area (Å²) in [6.07, 6.45) is 2.50. The quantitative estimate of drug-likeness (QED) is 0.338. The van der Waals surface area contributed by atoms with Crippen molar-refractivity contribution in [2.24, 2.45) is 5.41 Å². The molecule has 3 aromatic rings. The predicted molar refractivity (Wildman–Crippen MR) is 154 cm³/mol. The van der Waals surface area contributed by atoms with Crippen LogP contribution in [0.15, 0.2) is 48.5 Å². The second kappa shape index (κ2) is 12.5. The van der Waals surface area contributed by atoms with Gasteiger partial charge in [0.1, 0.15) is 11.6 Å². The largest absolute Gasteiger partial charge is 0.493 e. The molecule has 40 heavy (non-hydrogen) atoms. The van der Waals surface area contributed by atoms with E-state index in [9.17, 15) is 19.1 Å². The number of ether oxygens (including phenoxy) is 1. The Morgan fingerprint density at radius 3 is 2.33 bits per heavy atom. The fourth-order valence-electron chi connectivity index (χ4n) is 5.13. The van der Waals surface area contributed by atoms with E-state index >= 15 is 0 Å². The molecular formula is C32H38FN3O4. The first-order chi connectivity index (χ1) is 19.0. The number of aliphatic carboxylic acids is 1. The van der Waals surface area contributed by atoms with Crippen molar-refractivity contribution in [3.8, 4) is 16.9 Å². The lowest BCUT2D eigenvalue weighted by molar-refractivity contribution is -0.136.